The van der Waals surface area contributed by atoms with Crippen molar-refractivity contribution in [2.45, 2.75) is 26.3 Å². The quantitative estimate of drug-likeness (QED) is 0.863. The summed E-state index contributed by atoms with van der Waals surface area (Å²) < 4.78 is 0. The van der Waals surface area contributed by atoms with E-state index in [-0.39, 0.29) is 5.91 Å². The predicted octanol–water partition coefficient (Wildman–Crippen LogP) is 1.57. The summed E-state index contributed by atoms with van der Waals surface area (Å²) in [5.74, 6) is 0.811. The van der Waals surface area contributed by atoms with Gasteiger partial charge in [0.1, 0.15) is 10.7 Å². The van der Waals surface area contributed by atoms with Crippen molar-refractivity contribution in [1.29, 1.82) is 0 Å². The molecule has 1 aliphatic heterocycles. The molecular formula is C14H25N5OS. The third kappa shape index (κ3) is 3.47. The van der Waals surface area contributed by atoms with Gasteiger partial charge in [-0.2, -0.15) is 0 Å². The average molecular weight is 311 g/mol. The topological polar surface area (TPSA) is 74.5 Å². The molecule has 2 unspecified atom stereocenters. The lowest BCUT2D eigenvalue weighted by Gasteiger charge is -2.22. The molecular weight excluding hydrogens is 286 g/mol. The van der Waals surface area contributed by atoms with Gasteiger partial charge in [0, 0.05) is 25.7 Å². The number of aromatic nitrogens is 1. The van der Waals surface area contributed by atoms with E-state index in [0.29, 0.717) is 22.7 Å². The molecule has 1 fully saturated rings. The predicted molar refractivity (Wildman–Crippen MR) is 87.8 cm³/mol. The number of hydrogen-bond acceptors (Lipinski definition) is 6. The Bertz CT molecular complexity index is 502. The number of nitrogen functional groups attached to an aromatic ring is 1. The molecule has 0 aromatic carbocycles. The minimum atomic E-state index is 0.00532. The summed E-state index contributed by atoms with van der Waals surface area (Å²) in [6, 6.07) is 0.404. The number of hydrogen-bond donors (Lipinski definition) is 2. The van der Waals surface area contributed by atoms with E-state index in [1.54, 1.807) is 0 Å². The molecule has 2 heterocycles. The van der Waals surface area contributed by atoms with Crippen LogP contribution in [0.2, 0.25) is 0 Å². The van der Waals surface area contributed by atoms with E-state index in [9.17, 15) is 4.79 Å². The number of nitrogens with zero attached hydrogens (tertiary/aromatic N) is 3. The Hall–Kier alpha value is -1.34. The van der Waals surface area contributed by atoms with Crippen LogP contribution >= 0.6 is 11.3 Å². The number of amides is 1. The summed E-state index contributed by atoms with van der Waals surface area (Å²) in [5, 5.41) is 3.92. The van der Waals surface area contributed by atoms with E-state index >= 15 is 0 Å². The highest BCUT2D eigenvalue weighted by atomic mass is 32.1. The van der Waals surface area contributed by atoms with Gasteiger partial charge >= 0.3 is 0 Å². The van der Waals surface area contributed by atoms with Crippen molar-refractivity contribution in [2.24, 2.45) is 5.92 Å². The molecule has 1 aliphatic rings. The van der Waals surface area contributed by atoms with Crippen molar-refractivity contribution >= 4 is 28.2 Å². The lowest BCUT2D eigenvalue weighted by molar-refractivity contribution is 0.0787. The van der Waals surface area contributed by atoms with E-state index in [0.717, 1.165) is 31.2 Å². The molecule has 1 aromatic heterocycles. The Kier molecular flexibility index (Phi) is 5.05. The molecule has 1 aromatic rings. The van der Waals surface area contributed by atoms with Crippen molar-refractivity contribution in [3.05, 3.63) is 4.88 Å². The Labute approximate surface area is 130 Å². The number of likely N-dealkylation sites (N-methyl/N-ethyl adjacent to an activating group) is 1. The van der Waals surface area contributed by atoms with Crippen molar-refractivity contribution in [3.8, 4) is 0 Å². The maximum Gasteiger partial charge on any atom is 0.267 e. The molecule has 0 bridgehead atoms. The van der Waals surface area contributed by atoms with Gasteiger partial charge in [-0.3, -0.25) is 4.79 Å². The number of anilines is 2. The molecule has 6 nitrogen and oxygen atoms in total. The van der Waals surface area contributed by atoms with Crippen LogP contribution in [0.15, 0.2) is 0 Å². The first-order valence-corrected chi connectivity index (χ1v) is 8.21. The van der Waals surface area contributed by atoms with Crippen LogP contribution in [0, 0.1) is 5.92 Å². The molecule has 21 heavy (non-hydrogen) atoms. The van der Waals surface area contributed by atoms with Crippen molar-refractivity contribution in [2.75, 3.05) is 44.8 Å². The first kappa shape index (κ1) is 16.0. The summed E-state index contributed by atoms with van der Waals surface area (Å²) in [5.41, 5.74) is 5.91. The van der Waals surface area contributed by atoms with E-state index in [2.05, 4.69) is 43.1 Å². The number of nitrogens with two attached hydrogens (primary N) is 1. The maximum atomic E-state index is 12.6. The zero-order chi connectivity index (χ0) is 15.6. The fourth-order valence-electron chi connectivity index (χ4n) is 2.72. The van der Waals surface area contributed by atoms with Crippen LogP contribution in [0.25, 0.3) is 0 Å². The van der Waals surface area contributed by atoms with Crippen molar-refractivity contribution < 1.29 is 4.79 Å². The van der Waals surface area contributed by atoms with Gasteiger partial charge in [0.2, 0.25) is 0 Å². The molecule has 0 radical (unpaired) electrons. The number of rotatable bonds is 5. The third-order valence-corrected chi connectivity index (χ3v) is 4.91. The van der Waals surface area contributed by atoms with Gasteiger partial charge < -0.3 is 20.9 Å². The number of nitrogens with one attached hydrogen (secondary N) is 1. The van der Waals surface area contributed by atoms with Crippen LogP contribution < -0.4 is 11.1 Å². The monoisotopic (exact) mass is 311 g/mol. The van der Waals surface area contributed by atoms with Crippen LogP contribution in [0.5, 0.6) is 0 Å². The Morgan fingerprint density at radius 3 is 2.81 bits per heavy atom. The highest BCUT2D eigenvalue weighted by Gasteiger charge is 2.35. The van der Waals surface area contributed by atoms with Gasteiger partial charge in [-0.05, 0) is 26.4 Å². The normalized spacial score (nSPS) is 22.0. The fraction of sp³-hybridized carbons (Fsp3) is 0.714. The molecule has 1 amide bonds. The standard InChI is InChI=1S/C14H25N5OS/c1-5-6-16-14-17-12(15)11(21-14)13(20)19-7-9(2)10(8-19)18(3)4/h9-10H,5-8,15H2,1-4H3,(H,16,17). The summed E-state index contributed by atoms with van der Waals surface area (Å²) in [7, 11) is 4.12. The number of carbonyl (C=O) groups excluding carboxylic acids is 1. The van der Waals surface area contributed by atoms with Gasteiger partial charge in [0.05, 0.1) is 0 Å². The minimum Gasteiger partial charge on any atom is -0.382 e. The Morgan fingerprint density at radius 2 is 2.24 bits per heavy atom. The maximum absolute atomic E-state index is 12.6. The molecule has 2 rings (SSSR count). The summed E-state index contributed by atoms with van der Waals surface area (Å²) in [6.07, 6.45) is 1.01. The van der Waals surface area contributed by atoms with Crippen LogP contribution in [-0.4, -0.2) is 60.5 Å². The number of carbonyl (C=O) groups is 1. The van der Waals surface area contributed by atoms with Crippen molar-refractivity contribution in [1.82, 2.24) is 14.8 Å². The molecule has 2 atom stereocenters. The molecule has 7 heteroatoms. The van der Waals surface area contributed by atoms with Crippen LogP contribution in [0.1, 0.15) is 29.9 Å². The van der Waals surface area contributed by atoms with Gasteiger partial charge in [0.25, 0.3) is 5.91 Å². The SMILES string of the molecule is CCCNc1nc(N)c(C(=O)N2CC(C)C(N(C)C)C2)s1. The summed E-state index contributed by atoms with van der Waals surface area (Å²) >= 11 is 1.35. The molecule has 118 valence electrons. The third-order valence-electron chi connectivity index (χ3n) is 3.90. The largest absolute Gasteiger partial charge is 0.382 e. The summed E-state index contributed by atoms with van der Waals surface area (Å²) in [6.45, 7) is 6.63. The van der Waals surface area contributed by atoms with Gasteiger partial charge in [-0.15, -0.1) is 0 Å². The number of thiazole rings is 1. The smallest absolute Gasteiger partial charge is 0.267 e. The average Bonchev–Trinajstić information content (AvgIpc) is 2.99. The van der Waals surface area contributed by atoms with Crippen molar-refractivity contribution in [3.63, 3.8) is 0 Å². The second-order valence-electron chi connectivity index (χ2n) is 5.88. The van der Waals surface area contributed by atoms with Gasteiger partial charge in [0.15, 0.2) is 5.13 Å². The highest BCUT2D eigenvalue weighted by molar-refractivity contribution is 7.18. The van der Waals surface area contributed by atoms with Gasteiger partial charge in [-0.25, -0.2) is 4.98 Å². The second-order valence-corrected chi connectivity index (χ2v) is 6.88. The Balaban J connectivity index is 2.08. The lowest BCUT2D eigenvalue weighted by Crippen LogP contribution is -2.35. The molecule has 3 N–H and O–H groups in total. The van der Waals surface area contributed by atoms with Crippen LogP contribution in [0.4, 0.5) is 10.9 Å². The molecule has 0 spiro atoms. The first-order chi connectivity index (χ1) is 9.93. The van der Waals surface area contributed by atoms with E-state index < -0.39 is 0 Å². The highest BCUT2D eigenvalue weighted by Crippen LogP contribution is 2.29. The Morgan fingerprint density at radius 1 is 1.52 bits per heavy atom. The zero-order valence-electron chi connectivity index (χ0n) is 13.2. The summed E-state index contributed by atoms with van der Waals surface area (Å²) in [4.78, 5) is 21.5. The molecule has 1 saturated heterocycles. The lowest BCUT2D eigenvalue weighted by atomic mass is 10.1. The molecule has 0 aliphatic carbocycles. The first-order valence-electron chi connectivity index (χ1n) is 7.39. The van der Waals surface area contributed by atoms with E-state index in [4.69, 9.17) is 5.73 Å². The van der Waals surface area contributed by atoms with E-state index in [1.165, 1.54) is 11.3 Å². The second kappa shape index (κ2) is 6.62. The van der Waals surface area contributed by atoms with Gasteiger partial charge in [-0.1, -0.05) is 25.2 Å². The number of likely N-dealkylation sites (tertiary alicyclic amines) is 1. The van der Waals surface area contributed by atoms with Crippen LogP contribution in [-0.2, 0) is 0 Å². The fourth-order valence-corrected chi connectivity index (χ4v) is 3.60. The zero-order valence-corrected chi connectivity index (χ0v) is 14.0. The minimum absolute atomic E-state index is 0.00532. The molecule has 0 saturated carbocycles. The van der Waals surface area contributed by atoms with Crippen LogP contribution in [0.3, 0.4) is 0 Å². The van der Waals surface area contributed by atoms with E-state index in [1.807, 2.05) is 4.90 Å².